The highest BCUT2D eigenvalue weighted by atomic mass is 32.1. The van der Waals surface area contributed by atoms with Gasteiger partial charge in [0.25, 0.3) is 11.6 Å². The number of esters is 1. The Morgan fingerprint density at radius 3 is 2.50 bits per heavy atom. The van der Waals surface area contributed by atoms with Crippen LogP contribution in [-0.2, 0) is 16.1 Å². The fraction of sp³-hybridized carbons (Fsp3) is 0.211. The first-order chi connectivity index (χ1) is 13.3. The van der Waals surface area contributed by atoms with Crippen LogP contribution in [0, 0.1) is 24.0 Å². The molecular formula is C19H17N3O5S. The minimum atomic E-state index is -0.547. The molecule has 2 aromatic carbocycles. The molecule has 0 unspecified atom stereocenters. The molecule has 144 valence electrons. The van der Waals surface area contributed by atoms with Gasteiger partial charge in [-0.15, -0.1) is 0 Å². The number of rotatable bonds is 4. The molecule has 0 radical (unpaired) electrons. The molecule has 0 aliphatic carbocycles. The van der Waals surface area contributed by atoms with Crippen LogP contribution in [0.5, 0.6) is 0 Å². The number of aryl methyl sites for hydroxylation is 2. The normalized spacial score (nSPS) is 11.6. The number of ether oxygens (including phenoxy) is 1. The smallest absolute Gasteiger partial charge is 0.325 e. The predicted molar refractivity (Wildman–Crippen MR) is 104 cm³/mol. The van der Waals surface area contributed by atoms with Gasteiger partial charge in [0.05, 0.1) is 22.2 Å². The summed E-state index contributed by atoms with van der Waals surface area (Å²) in [7, 11) is 1.30. The molecule has 0 saturated carbocycles. The Hall–Kier alpha value is -3.33. The molecule has 1 aromatic heterocycles. The Labute approximate surface area is 163 Å². The number of thiazole rings is 1. The van der Waals surface area contributed by atoms with Gasteiger partial charge >= 0.3 is 5.97 Å². The van der Waals surface area contributed by atoms with E-state index in [1.807, 2.05) is 26.0 Å². The number of amides is 1. The largest absolute Gasteiger partial charge is 0.468 e. The van der Waals surface area contributed by atoms with Gasteiger partial charge in [-0.2, -0.15) is 4.99 Å². The van der Waals surface area contributed by atoms with Crippen molar-refractivity contribution < 1.29 is 19.2 Å². The van der Waals surface area contributed by atoms with Crippen molar-refractivity contribution in [1.29, 1.82) is 0 Å². The minimum Gasteiger partial charge on any atom is -0.468 e. The van der Waals surface area contributed by atoms with Crippen LogP contribution in [-0.4, -0.2) is 28.5 Å². The fourth-order valence-electron chi connectivity index (χ4n) is 2.82. The predicted octanol–water partition coefficient (Wildman–Crippen LogP) is 3.14. The van der Waals surface area contributed by atoms with Crippen LogP contribution in [0.25, 0.3) is 10.2 Å². The summed E-state index contributed by atoms with van der Waals surface area (Å²) < 4.78 is 7.34. The maximum atomic E-state index is 12.6. The number of aromatic nitrogens is 1. The number of nitrogens with zero attached hydrogens (tertiary/aromatic N) is 3. The molecule has 1 heterocycles. The summed E-state index contributed by atoms with van der Waals surface area (Å²) in [5.74, 6) is -1.00. The topological polar surface area (TPSA) is 104 Å². The van der Waals surface area contributed by atoms with E-state index in [-0.39, 0.29) is 17.8 Å². The van der Waals surface area contributed by atoms with Gasteiger partial charge in [-0.1, -0.05) is 17.4 Å². The molecule has 8 nitrogen and oxygen atoms in total. The summed E-state index contributed by atoms with van der Waals surface area (Å²) in [6.07, 6.45) is 0. The Morgan fingerprint density at radius 2 is 1.89 bits per heavy atom. The van der Waals surface area contributed by atoms with Crippen LogP contribution in [0.1, 0.15) is 21.5 Å². The molecule has 0 bridgehead atoms. The van der Waals surface area contributed by atoms with E-state index < -0.39 is 16.8 Å². The number of hydrogen-bond donors (Lipinski definition) is 0. The highest BCUT2D eigenvalue weighted by molar-refractivity contribution is 7.16. The van der Waals surface area contributed by atoms with Crippen molar-refractivity contribution in [3.05, 3.63) is 68.0 Å². The quantitative estimate of drug-likeness (QED) is 0.381. The van der Waals surface area contributed by atoms with Crippen LogP contribution in [0.4, 0.5) is 5.69 Å². The van der Waals surface area contributed by atoms with Gasteiger partial charge in [-0.05, 0) is 43.2 Å². The maximum absolute atomic E-state index is 12.6. The molecular weight excluding hydrogens is 382 g/mol. The standard InChI is InChI=1S/C19H17N3O5S/c1-11-8-12(2)17-15(9-11)21(10-16(23)27-3)19(28-17)20-18(24)13-4-6-14(7-5-13)22(25)26/h4-9H,10H2,1-3H3. The van der Waals surface area contributed by atoms with Gasteiger partial charge in [0.1, 0.15) is 6.54 Å². The molecule has 0 spiro atoms. The first-order valence-corrected chi connectivity index (χ1v) is 9.12. The van der Waals surface area contributed by atoms with Crippen molar-refractivity contribution in [3.63, 3.8) is 0 Å². The summed E-state index contributed by atoms with van der Waals surface area (Å²) in [6, 6.07) is 9.17. The number of non-ortho nitro benzene ring substituents is 1. The summed E-state index contributed by atoms with van der Waals surface area (Å²) in [5, 5.41) is 10.8. The average Bonchev–Trinajstić information content (AvgIpc) is 2.99. The molecule has 1 amide bonds. The summed E-state index contributed by atoms with van der Waals surface area (Å²) in [4.78, 5) is 39.2. The fourth-order valence-corrected chi connectivity index (χ4v) is 3.90. The summed E-state index contributed by atoms with van der Waals surface area (Å²) in [5.41, 5.74) is 2.95. The SMILES string of the molecule is COC(=O)Cn1c(=NC(=O)c2ccc([N+](=O)[O-])cc2)sc2c(C)cc(C)cc21. The van der Waals surface area contributed by atoms with Crippen LogP contribution in [0.3, 0.4) is 0 Å². The van der Waals surface area contributed by atoms with E-state index in [0.717, 1.165) is 21.3 Å². The van der Waals surface area contributed by atoms with Crippen LogP contribution < -0.4 is 4.80 Å². The number of carbonyl (C=O) groups excluding carboxylic acids is 2. The molecule has 0 fully saturated rings. The molecule has 3 rings (SSSR count). The van der Waals surface area contributed by atoms with Crippen molar-refractivity contribution >= 4 is 39.1 Å². The second-order valence-corrected chi connectivity index (χ2v) is 7.18. The van der Waals surface area contributed by atoms with E-state index in [2.05, 4.69) is 4.99 Å². The van der Waals surface area contributed by atoms with Crippen LogP contribution in [0.2, 0.25) is 0 Å². The molecule has 0 aliphatic rings. The van der Waals surface area contributed by atoms with Crippen LogP contribution >= 0.6 is 11.3 Å². The van der Waals surface area contributed by atoms with Crippen molar-refractivity contribution in [2.75, 3.05) is 7.11 Å². The number of fused-ring (bicyclic) bond motifs is 1. The van der Waals surface area contributed by atoms with Crippen molar-refractivity contribution in [2.45, 2.75) is 20.4 Å². The highest BCUT2D eigenvalue weighted by Gasteiger charge is 2.15. The monoisotopic (exact) mass is 399 g/mol. The van der Waals surface area contributed by atoms with E-state index in [1.54, 1.807) is 4.57 Å². The Balaban J connectivity index is 2.13. The molecule has 9 heteroatoms. The maximum Gasteiger partial charge on any atom is 0.325 e. The Morgan fingerprint density at radius 1 is 1.21 bits per heavy atom. The molecule has 3 aromatic rings. The lowest BCUT2D eigenvalue weighted by Crippen LogP contribution is -2.22. The average molecular weight is 399 g/mol. The van der Waals surface area contributed by atoms with Gasteiger partial charge in [-0.3, -0.25) is 19.7 Å². The zero-order valence-corrected chi connectivity index (χ0v) is 16.3. The number of hydrogen-bond acceptors (Lipinski definition) is 6. The van der Waals surface area contributed by atoms with E-state index >= 15 is 0 Å². The lowest BCUT2D eigenvalue weighted by atomic mass is 10.1. The third-order valence-corrected chi connectivity index (χ3v) is 5.38. The van der Waals surface area contributed by atoms with Crippen LogP contribution in [0.15, 0.2) is 41.4 Å². The lowest BCUT2D eigenvalue weighted by Gasteiger charge is -2.05. The molecule has 0 atom stereocenters. The van der Waals surface area contributed by atoms with Gasteiger partial charge in [0, 0.05) is 17.7 Å². The second-order valence-electron chi connectivity index (χ2n) is 6.20. The number of nitro benzene ring substituents is 1. The first-order valence-electron chi connectivity index (χ1n) is 8.31. The number of benzene rings is 2. The number of methoxy groups -OCH3 is 1. The Kier molecular flexibility index (Phi) is 5.36. The first kappa shape index (κ1) is 19.4. The van der Waals surface area contributed by atoms with E-state index in [0.29, 0.717) is 4.80 Å². The van der Waals surface area contributed by atoms with Gasteiger partial charge in [0.2, 0.25) is 0 Å². The van der Waals surface area contributed by atoms with E-state index in [1.165, 1.54) is 42.7 Å². The number of carbonyl (C=O) groups is 2. The number of nitro groups is 1. The molecule has 0 saturated heterocycles. The van der Waals surface area contributed by atoms with E-state index in [9.17, 15) is 19.7 Å². The zero-order chi connectivity index (χ0) is 20.4. The summed E-state index contributed by atoms with van der Waals surface area (Å²) >= 11 is 1.30. The van der Waals surface area contributed by atoms with Crippen molar-refractivity contribution in [1.82, 2.24) is 4.57 Å². The van der Waals surface area contributed by atoms with E-state index in [4.69, 9.17) is 4.74 Å². The van der Waals surface area contributed by atoms with Crippen molar-refractivity contribution in [3.8, 4) is 0 Å². The third-order valence-electron chi connectivity index (χ3n) is 4.15. The minimum absolute atomic E-state index is 0.0776. The van der Waals surface area contributed by atoms with Gasteiger partial charge in [0.15, 0.2) is 4.80 Å². The molecule has 28 heavy (non-hydrogen) atoms. The third kappa shape index (κ3) is 3.84. The zero-order valence-electron chi connectivity index (χ0n) is 15.5. The molecule has 0 N–H and O–H groups in total. The lowest BCUT2D eigenvalue weighted by molar-refractivity contribution is -0.384. The summed E-state index contributed by atoms with van der Waals surface area (Å²) in [6.45, 7) is 3.83. The van der Waals surface area contributed by atoms with Gasteiger partial charge in [-0.25, -0.2) is 0 Å². The van der Waals surface area contributed by atoms with Crippen molar-refractivity contribution in [2.24, 2.45) is 4.99 Å². The second kappa shape index (κ2) is 7.73. The van der Waals surface area contributed by atoms with Gasteiger partial charge < -0.3 is 9.30 Å². The molecule has 0 aliphatic heterocycles. The Bertz CT molecular complexity index is 1160. The highest BCUT2D eigenvalue weighted by Crippen LogP contribution is 2.23.